The first-order valence-corrected chi connectivity index (χ1v) is 7.19. The van der Waals surface area contributed by atoms with Gasteiger partial charge in [-0.15, -0.1) is 0 Å². The molecular weight excluding hydrogens is 264 g/mol. The van der Waals surface area contributed by atoms with E-state index < -0.39 is 6.10 Å². The Kier molecular flexibility index (Phi) is 4.43. The Morgan fingerprint density at radius 1 is 1.10 bits per heavy atom. The van der Waals surface area contributed by atoms with Gasteiger partial charge in [0.15, 0.2) is 5.78 Å². The molecule has 1 heterocycles. The van der Waals surface area contributed by atoms with Crippen LogP contribution in [0.15, 0.2) is 60.7 Å². The van der Waals surface area contributed by atoms with E-state index >= 15 is 0 Å². The SMILES string of the molecule is O=C(c1ccccc1)[C@@H](Cc1ccccc1)OC[C@@H]1CO1. The number of epoxide rings is 1. The highest BCUT2D eigenvalue weighted by molar-refractivity contribution is 5.99. The lowest BCUT2D eigenvalue weighted by atomic mass is 10.00. The molecular formula is C18H18O3. The van der Waals surface area contributed by atoms with Gasteiger partial charge < -0.3 is 9.47 Å². The highest BCUT2D eigenvalue weighted by Gasteiger charge is 2.27. The van der Waals surface area contributed by atoms with Crippen LogP contribution in [0.4, 0.5) is 0 Å². The van der Waals surface area contributed by atoms with Crippen molar-refractivity contribution in [3.05, 3.63) is 71.8 Å². The number of hydrogen-bond acceptors (Lipinski definition) is 3. The van der Waals surface area contributed by atoms with Gasteiger partial charge in [0.25, 0.3) is 0 Å². The minimum absolute atomic E-state index is 0.0279. The third-order valence-electron chi connectivity index (χ3n) is 3.50. The van der Waals surface area contributed by atoms with Crippen LogP contribution in [0.2, 0.25) is 0 Å². The van der Waals surface area contributed by atoms with Crippen molar-refractivity contribution in [2.24, 2.45) is 0 Å². The van der Waals surface area contributed by atoms with Crippen LogP contribution in [0.3, 0.4) is 0 Å². The average Bonchev–Trinajstić information content (AvgIpc) is 3.37. The maximum absolute atomic E-state index is 12.6. The number of benzene rings is 2. The van der Waals surface area contributed by atoms with Crippen LogP contribution in [-0.4, -0.2) is 31.2 Å². The molecule has 0 N–H and O–H groups in total. The van der Waals surface area contributed by atoms with Crippen molar-refractivity contribution in [3.63, 3.8) is 0 Å². The van der Waals surface area contributed by atoms with E-state index in [1.807, 2.05) is 60.7 Å². The zero-order chi connectivity index (χ0) is 14.5. The summed E-state index contributed by atoms with van der Waals surface area (Å²) in [6, 6.07) is 19.3. The zero-order valence-corrected chi connectivity index (χ0v) is 11.8. The molecule has 0 aromatic heterocycles. The quantitative estimate of drug-likeness (QED) is 0.579. The number of hydrogen-bond donors (Lipinski definition) is 0. The molecule has 108 valence electrons. The summed E-state index contributed by atoms with van der Waals surface area (Å²) in [5.41, 5.74) is 1.79. The van der Waals surface area contributed by atoms with Crippen molar-refractivity contribution >= 4 is 5.78 Å². The number of carbonyl (C=O) groups is 1. The topological polar surface area (TPSA) is 38.8 Å². The van der Waals surface area contributed by atoms with Gasteiger partial charge in [-0.2, -0.15) is 0 Å². The second kappa shape index (κ2) is 6.66. The summed E-state index contributed by atoms with van der Waals surface area (Å²) in [5.74, 6) is 0.0279. The van der Waals surface area contributed by atoms with Gasteiger partial charge in [0.1, 0.15) is 12.2 Å². The summed E-state index contributed by atoms with van der Waals surface area (Å²) >= 11 is 0. The third kappa shape index (κ3) is 4.00. The number of rotatable bonds is 7. The van der Waals surface area contributed by atoms with Crippen LogP contribution in [0.1, 0.15) is 15.9 Å². The van der Waals surface area contributed by atoms with Gasteiger partial charge in [0.05, 0.1) is 13.2 Å². The van der Waals surface area contributed by atoms with Gasteiger partial charge in [0.2, 0.25) is 0 Å². The van der Waals surface area contributed by atoms with E-state index in [-0.39, 0.29) is 11.9 Å². The molecule has 1 saturated heterocycles. The molecule has 0 radical (unpaired) electrons. The lowest BCUT2D eigenvalue weighted by molar-refractivity contribution is 0.0356. The van der Waals surface area contributed by atoms with Crippen molar-refractivity contribution in [1.82, 2.24) is 0 Å². The van der Waals surface area contributed by atoms with E-state index in [0.29, 0.717) is 18.6 Å². The number of ketones is 1. The standard InChI is InChI=1S/C18H18O3/c19-18(15-9-5-2-6-10-15)17(21-13-16-12-20-16)11-14-7-3-1-4-8-14/h1-10,16-17H,11-13H2/t16-,17+/m0/s1. The Bertz CT molecular complexity index is 576. The fourth-order valence-corrected chi connectivity index (χ4v) is 2.23. The first kappa shape index (κ1) is 14.0. The predicted octanol–water partition coefficient (Wildman–Crippen LogP) is 2.90. The third-order valence-corrected chi connectivity index (χ3v) is 3.50. The Labute approximate surface area is 124 Å². The molecule has 0 aliphatic carbocycles. The molecule has 21 heavy (non-hydrogen) atoms. The van der Waals surface area contributed by atoms with Gasteiger partial charge in [-0.25, -0.2) is 0 Å². The van der Waals surface area contributed by atoms with E-state index in [9.17, 15) is 4.79 Å². The Hall–Kier alpha value is -1.97. The highest BCUT2D eigenvalue weighted by atomic mass is 16.6. The molecule has 0 unspecified atom stereocenters. The molecule has 3 nitrogen and oxygen atoms in total. The molecule has 1 fully saturated rings. The van der Waals surface area contributed by atoms with Gasteiger partial charge in [-0.05, 0) is 5.56 Å². The molecule has 1 aliphatic heterocycles. The summed E-state index contributed by atoms with van der Waals surface area (Å²) in [6.45, 7) is 1.22. The summed E-state index contributed by atoms with van der Waals surface area (Å²) in [7, 11) is 0. The molecule has 0 bridgehead atoms. The minimum Gasteiger partial charge on any atom is -0.371 e. The second-order valence-corrected chi connectivity index (χ2v) is 5.20. The zero-order valence-electron chi connectivity index (χ0n) is 11.8. The molecule has 0 spiro atoms. The smallest absolute Gasteiger partial charge is 0.191 e. The van der Waals surface area contributed by atoms with Gasteiger partial charge in [-0.1, -0.05) is 60.7 Å². The summed E-state index contributed by atoms with van der Waals surface area (Å²) < 4.78 is 11.0. The van der Waals surface area contributed by atoms with Crippen LogP contribution in [0.25, 0.3) is 0 Å². The van der Waals surface area contributed by atoms with Gasteiger partial charge >= 0.3 is 0 Å². The van der Waals surface area contributed by atoms with E-state index in [4.69, 9.17) is 9.47 Å². The fraction of sp³-hybridized carbons (Fsp3) is 0.278. The summed E-state index contributed by atoms with van der Waals surface area (Å²) in [6.07, 6.45) is 0.284. The van der Waals surface area contributed by atoms with Gasteiger partial charge in [-0.3, -0.25) is 4.79 Å². The molecule has 3 heteroatoms. The van der Waals surface area contributed by atoms with Crippen LogP contribution in [0.5, 0.6) is 0 Å². The predicted molar refractivity (Wildman–Crippen MR) is 80.4 cm³/mol. The maximum Gasteiger partial charge on any atom is 0.191 e. The highest BCUT2D eigenvalue weighted by Crippen LogP contribution is 2.16. The molecule has 2 aromatic rings. The fourth-order valence-electron chi connectivity index (χ4n) is 2.23. The Morgan fingerprint density at radius 2 is 1.71 bits per heavy atom. The minimum atomic E-state index is -0.459. The number of Topliss-reactive ketones (excluding diaryl/α,β-unsaturated/α-hetero) is 1. The molecule has 0 saturated carbocycles. The van der Waals surface area contributed by atoms with E-state index in [2.05, 4.69) is 0 Å². The Balaban J connectivity index is 1.72. The van der Waals surface area contributed by atoms with Crippen molar-refractivity contribution < 1.29 is 14.3 Å². The first-order chi connectivity index (χ1) is 10.3. The van der Waals surface area contributed by atoms with Crippen LogP contribution in [-0.2, 0) is 15.9 Å². The molecule has 0 amide bonds. The van der Waals surface area contributed by atoms with Crippen molar-refractivity contribution in [2.75, 3.05) is 13.2 Å². The van der Waals surface area contributed by atoms with Crippen molar-refractivity contribution in [2.45, 2.75) is 18.6 Å². The lowest BCUT2D eigenvalue weighted by Gasteiger charge is -2.16. The van der Waals surface area contributed by atoms with Crippen molar-refractivity contribution in [3.8, 4) is 0 Å². The molecule has 2 atom stereocenters. The second-order valence-electron chi connectivity index (χ2n) is 5.20. The van der Waals surface area contributed by atoms with Crippen LogP contribution >= 0.6 is 0 Å². The van der Waals surface area contributed by atoms with Crippen LogP contribution < -0.4 is 0 Å². The van der Waals surface area contributed by atoms with Crippen LogP contribution in [0, 0.1) is 0 Å². The Morgan fingerprint density at radius 3 is 2.33 bits per heavy atom. The first-order valence-electron chi connectivity index (χ1n) is 7.19. The summed E-state index contributed by atoms with van der Waals surface area (Å²) in [5, 5.41) is 0. The van der Waals surface area contributed by atoms with E-state index in [1.54, 1.807) is 0 Å². The van der Waals surface area contributed by atoms with E-state index in [0.717, 1.165) is 12.2 Å². The maximum atomic E-state index is 12.6. The van der Waals surface area contributed by atoms with E-state index in [1.165, 1.54) is 0 Å². The number of carbonyl (C=O) groups excluding carboxylic acids is 1. The monoisotopic (exact) mass is 282 g/mol. The summed E-state index contributed by atoms with van der Waals surface area (Å²) in [4.78, 5) is 12.6. The van der Waals surface area contributed by atoms with Gasteiger partial charge in [0, 0.05) is 12.0 Å². The molecule has 2 aromatic carbocycles. The normalized spacial score (nSPS) is 18.2. The van der Waals surface area contributed by atoms with Crippen molar-refractivity contribution in [1.29, 1.82) is 0 Å². The average molecular weight is 282 g/mol. The lowest BCUT2D eigenvalue weighted by Crippen LogP contribution is -2.28. The largest absolute Gasteiger partial charge is 0.371 e. The molecule has 3 rings (SSSR count). The molecule has 1 aliphatic rings. The number of ether oxygens (including phenoxy) is 2.